The summed E-state index contributed by atoms with van der Waals surface area (Å²) >= 11 is 0. The van der Waals surface area contributed by atoms with Crippen LogP contribution in [-0.2, 0) is 0 Å². The molecular weight excluding hydrogens is 182 g/mol. The van der Waals surface area contributed by atoms with E-state index in [1.165, 1.54) is 6.92 Å². The zero-order valence-corrected chi connectivity index (χ0v) is 7.47. The van der Waals surface area contributed by atoms with Gasteiger partial charge in [0.1, 0.15) is 5.52 Å². The van der Waals surface area contributed by atoms with E-state index in [1.54, 1.807) is 24.3 Å². The van der Waals surface area contributed by atoms with E-state index in [2.05, 4.69) is 10.3 Å². The first-order valence-corrected chi connectivity index (χ1v) is 4.06. The molecule has 0 N–H and O–H groups in total. The molecule has 0 fully saturated rings. The minimum absolute atomic E-state index is 0.401. The Balaban J connectivity index is 2.89. The SMILES string of the molecule is CC(=O)n1nnc2ccccc2c1=O. The van der Waals surface area contributed by atoms with Gasteiger partial charge in [-0.1, -0.05) is 17.3 Å². The summed E-state index contributed by atoms with van der Waals surface area (Å²) in [6.45, 7) is 1.27. The van der Waals surface area contributed by atoms with Crippen LogP contribution >= 0.6 is 0 Å². The molecule has 5 heteroatoms. The molecule has 0 unspecified atom stereocenters. The van der Waals surface area contributed by atoms with Crippen molar-refractivity contribution in [1.29, 1.82) is 0 Å². The molecular formula is C9H7N3O2. The highest BCUT2D eigenvalue weighted by atomic mass is 16.2. The maximum absolute atomic E-state index is 11.6. The molecule has 1 aromatic heterocycles. The van der Waals surface area contributed by atoms with Gasteiger partial charge in [-0.05, 0) is 12.1 Å². The smallest absolute Gasteiger partial charge is 0.273 e. The van der Waals surface area contributed by atoms with E-state index in [0.29, 0.717) is 10.9 Å². The lowest BCUT2D eigenvalue weighted by atomic mass is 10.2. The van der Waals surface area contributed by atoms with E-state index in [4.69, 9.17) is 0 Å². The monoisotopic (exact) mass is 189 g/mol. The average molecular weight is 189 g/mol. The molecule has 0 aliphatic rings. The largest absolute Gasteiger partial charge is 0.284 e. The number of hydrogen-bond donors (Lipinski definition) is 0. The normalized spacial score (nSPS) is 10.4. The molecule has 0 saturated heterocycles. The fourth-order valence-corrected chi connectivity index (χ4v) is 1.20. The summed E-state index contributed by atoms with van der Waals surface area (Å²) in [5, 5.41) is 7.67. The maximum Gasteiger partial charge on any atom is 0.284 e. The Morgan fingerprint density at radius 2 is 2.07 bits per heavy atom. The molecule has 0 bridgehead atoms. The standard InChI is InChI=1S/C9H7N3O2/c1-6(13)12-9(14)7-4-2-3-5-8(7)10-11-12/h2-5H,1H3. The second-order valence-electron chi connectivity index (χ2n) is 2.84. The fraction of sp³-hybridized carbons (Fsp3) is 0.111. The van der Waals surface area contributed by atoms with Gasteiger partial charge in [-0.15, -0.1) is 9.78 Å². The molecule has 14 heavy (non-hydrogen) atoms. The minimum Gasteiger partial charge on any atom is -0.273 e. The Bertz CT molecular complexity index is 559. The number of fused-ring (bicyclic) bond motifs is 1. The van der Waals surface area contributed by atoms with Crippen LogP contribution in [0.3, 0.4) is 0 Å². The molecule has 5 nitrogen and oxygen atoms in total. The van der Waals surface area contributed by atoms with Gasteiger partial charge in [-0.25, -0.2) is 0 Å². The van der Waals surface area contributed by atoms with Gasteiger partial charge in [-0.2, -0.15) is 0 Å². The van der Waals surface area contributed by atoms with E-state index in [-0.39, 0.29) is 0 Å². The summed E-state index contributed by atoms with van der Waals surface area (Å²) in [7, 11) is 0. The van der Waals surface area contributed by atoms with Gasteiger partial charge < -0.3 is 0 Å². The predicted octanol–water partition coefficient (Wildman–Crippen LogP) is 0.452. The number of benzene rings is 1. The summed E-state index contributed by atoms with van der Waals surface area (Å²) < 4.78 is 0.752. The summed E-state index contributed by atoms with van der Waals surface area (Å²) in [5.41, 5.74) is 0.0677. The highest BCUT2D eigenvalue weighted by Gasteiger charge is 2.06. The number of rotatable bonds is 0. The van der Waals surface area contributed by atoms with E-state index < -0.39 is 11.5 Å². The lowest BCUT2D eigenvalue weighted by Gasteiger charge is -1.98. The Labute approximate surface area is 79.0 Å². The van der Waals surface area contributed by atoms with E-state index in [9.17, 15) is 9.59 Å². The molecule has 0 saturated carbocycles. The Hall–Kier alpha value is -2.04. The van der Waals surface area contributed by atoms with Crippen LogP contribution in [0, 0.1) is 0 Å². The first-order chi connectivity index (χ1) is 6.70. The van der Waals surface area contributed by atoms with Crippen LogP contribution in [0.4, 0.5) is 0 Å². The third-order valence-electron chi connectivity index (χ3n) is 1.87. The van der Waals surface area contributed by atoms with Crippen molar-refractivity contribution in [3.8, 4) is 0 Å². The van der Waals surface area contributed by atoms with E-state index >= 15 is 0 Å². The number of carbonyl (C=O) groups is 1. The molecule has 0 aliphatic carbocycles. The zero-order valence-electron chi connectivity index (χ0n) is 7.47. The third kappa shape index (κ3) is 1.19. The Morgan fingerprint density at radius 1 is 1.36 bits per heavy atom. The molecule has 2 rings (SSSR count). The van der Waals surface area contributed by atoms with Crippen molar-refractivity contribution in [2.45, 2.75) is 6.92 Å². The van der Waals surface area contributed by atoms with Gasteiger partial charge in [-0.3, -0.25) is 9.59 Å². The van der Waals surface area contributed by atoms with Crippen LogP contribution < -0.4 is 5.56 Å². The highest BCUT2D eigenvalue weighted by Crippen LogP contribution is 2.02. The first kappa shape index (κ1) is 8.55. The number of aromatic nitrogens is 3. The first-order valence-electron chi connectivity index (χ1n) is 4.06. The van der Waals surface area contributed by atoms with Crippen molar-refractivity contribution in [2.24, 2.45) is 0 Å². The van der Waals surface area contributed by atoms with Crippen LogP contribution in [0.2, 0.25) is 0 Å². The number of carbonyl (C=O) groups excluding carboxylic acids is 1. The summed E-state index contributed by atoms with van der Waals surface area (Å²) in [4.78, 5) is 22.6. The molecule has 0 amide bonds. The summed E-state index contributed by atoms with van der Waals surface area (Å²) in [6.07, 6.45) is 0. The second-order valence-corrected chi connectivity index (χ2v) is 2.84. The van der Waals surface area contributed by atoms with Crippen molar-refractivity contribution in [3.63, 3.8) is 0 Å². The van der Waals surface area contributed by atoms with E-state index in [1.807, 2.05) is 0 Å². The molecule has 0 atom stereocenters. The molecule has 2 aromatic rings. The van der Waals surface area contributed by atoms with Crippen LogP contribution in [0.15, 0.2) is 29.1 Å². The minimum atomic E-state index is -0.437. The average Bonchev–Trinajstić information content (AvgIpc) is 2.18. The second kappa shape index (κ2) is 3.02. The number of hydrogen-bond acceptors (Lipinski definition) is 4. The molecule has 1 heterocycles. The van der Waals surface area contributed by atoms with Crippen molar-refractivity contribution >= 4 is 16.8 Å². The summed E-state index contributed by atoms with van der Waals surface area (Å²) in [5.74, 6) is -0.437. The molecule has 1 aromatic carbocycles. The molecule has 0 aliphatic heterocycles. The predicted molar refractivity (Wildman–Crippen MR) is 50.1 cm³/mol. The van der Waals surface area contributed by atoms with Crippen molar-refractivity contribution in [3.05, 3.63) is 34.6 Å². The van der Waals surface area contributed by atoms with Crippen LogP contribution in [0.5, 0.6) is 0 Å². The quantitative estimate of drug-likeness (QED) is 0.603. The molecule has 0 radical (unpaired) electrons. The molecule has 0 spiro atoms. The third-order valence-corrected chi connectivity index (χ3v) is 1.87. The van der Waals surface area contributed by atoms with Crippen molar-refractivity contribution in [1.82, 2.24) is 15.0 Å². The number of nitrogens with zero attached hydrogens (tertiary/aromatic N) is 3. The van der Waals surface area contributed by atoms with Crippen LogP contribution in [0.1, 0.15) is 11.7 Å². The van der Waals surface area contributed by atoms with Gasteiger partial charge >= 0.3 is 0 Å². The van der Waals surface area contributed by atoms with E-state index in [0.717, 1.165) is 4.68 Å². The van der Waals surface area contributed by atoms with Gasteiger partial charge in [0, 0.05) is 6.92 Å². The Morgan fingerprint density at radius 3 is 2.79 bits per heavy atom. The van der Waals surface area contributed by atoms with Gasteiger partial charge in [0.15, 0.2) is 0 Å². The van der Waals surface area contributed by atoms with Gasteiger partial charge in [0.2, 0.25) is 5.91 Å². The van der Waals surface area contributed by atoms with Crippen molar-refractivity contribution in [2.75, 3.05) is 0 Å². The lowest BCUT2D eigenvalue weighted by Crippen LogP contribution is -2.28. The highest BCUT2D eigenvalue weighted by molar-refractivity contribution is 5.81. The maximum atomic E-state index is 11.6. The van der Waals surface area contributed by atoms with Gasteiger partial charge in [0.25, 0.3) is 5.56 Å². The Kier molecular flexibility index (Phi) is 1.85. The lowest BCUT2D eigenvalue weighted by molar-refractivity contribution is 0.0912. The van der Waals surface area contributed by atoms with Crippen LogP contribution in [-0.4, -0.2) is 20.9 Å². The summed E-state index contributed by atoms with van der Waals surface area (Å²) in [6, 6.07) is 6.77. The van der Waals surface area contributed by atoms with Crippen LogP contribution in [0.25, 0.3) is 10.9 Å². The van der Waals surface area contributed by atoms with Crippen molar-refractivity contribution < 1.29 is 4.79 Å². The zero-order chi connectivity index (χ0) is 10.1. The van der Waals surface area contributed by atoms with Gasteiger partial charge in [0.05, 0.1) is 5.39 Å². The topological polar surface area (TPSA) is 64.8 Å². The molecule has 70 valence electrons. The fourth-order valence-electron chi connectivity index (χ4n) is 1.20.